The van der Waals surface area contributed by atoms with E-state index in [1.54, 1.807) is 6.07 Å². The van der Waals surface area contributed by atoms with Crippen LogP contribution < -0.4 is 5.32 Å². The molecule has 0 aliphatic carbocycles. The molecule has 0 spiro atoms. The lowest BCUT2D eigenvalue weighted by atomic mass is 9.68. The predicted octanol–water partition coefficient (Wildman–Crippen LogP) is 3.58. The summed E-state index contributed by atoms with van der Waals surface area (Å²) in [5.41, 5.74) is 2.18. The van der Waals surface area contributed by atoms with E-state index in [9.17, 15) is 19.8 Å². The third kappa shape index (κ3) is 6.10. The van der Waals surface area contributed by atoms with E-state index in [1.165, 1.54) is 0 Å². The maximum Gasteiger partial charge on any atom is 0.326 e. The van der Waals surface area contributed by atoms with Gasteiger partial charge in [-0.05, 0) is 60.4 Å². The number of phenolic OH excluding ortho intramolecular Hbond substituents is 1. The molecule has 172 valence electrons. The number of aromatic hydroxyl groups is 1. The number of carboxylic acids is 1. The zero-order valence-electron chi connectivity index (χ0n) is 19.0. The van der Waals surface area contributed by atoms with Crippen LogP contribution in [0.1, 0.15) is 44.2 Å². The summed E-state index contributed by atoms with van der Waals surface area (Å²) in [5.74, 6) is -0.573. The number of phenols is 1. The van der Waals surface area contributed by atoms with Crippen LogP contribution in [0.25, 0.3) is 0 Å². The quantitative estimate of drug-likeness (QED) is 0.557. The highest BCUT2D eigenvalue weighted by atomic mass is 16.4. The number of aliphatic carboxylic acids is 1. The van der Waals surface area contributed by atoms with Crippen molar-refractivity contribution < 1.29 is 19.8 Å². The molecular formula is C26H34N2O4. The number of piperidine rings is 1. The summed E-state index contributed by atoms with van der Waals surface area (Å²) in [5, 5.41) is 22.0. The molecule has 1 aliphatic heterocycles. The molecule has 3 N–H and O–H groups in total. The highest BCUT2D eigenvalue weighted by molar-refractivity contribution is 5.83. The van der Waals surface area contributed by atoms with E-state index >= 15 is 0 Å². The first-order valence-corrected chi connectivity index (χ1v) is 11.4. The van der Waals surface area contributed by atoms with Crippen LogP contribution in [-0.2, 0) is 21.4 Å². The lowest BCUT2D eigenvalue weighted by Gasteiger charge is -2.45. The van der Waals surface area contributed by atoms with E-state index in [4.69, 9.17) is 0 Å². The molecule has 1 saturated heterocycles. The molecule has 0 saturated carbocycles. The number of nitrogens with zero attached hydrogens (tertiary/aromatic N) is 1. The van der Waals surface area contributed by atoms with Crippen molar-refractivity contribution in [3.05, 3.63) is 65.7 Å². The molecule has 3 atom stereocenters. The SMILES string of the molecule is C[C@H]1CN(CCC(=O)N[C@@H](CCc2ccccc2)C(=O)O)CC[C@@]1(C)c1cccc(O)c1. The summed E-state index contributed by atoms with van der Waals surface area (Å²) in [6.45, 7) is 6.77. The Balaban J connectivity index is 1.47. The number of aryl methyl sites for hydroxylation is 1. The van der Waals surface area contributed by atoms with E-state index in [2.05, 4.69) is 30.1 Å². The first kappa shape index (κ1) is 23.8. The van der Waals surface area contributed by atoms with Crippen LogP contribution in [0.5, 0.6) is 5.75 Å². The first-order valence-electron chi connectivity index (χ1n) is 11.4. The molecule has 1 amide bonds. The average Bonchev–Trinajstić information content (AvgIpc) is 2.78. The number of nitrogens with one attached hydrogen (secondary N) is 1. The summed E-state index contributed by atoms with van der Waals surface area (Å²) in [6, 6.07) is 16.3. The Morgan fingerprint density at radius 2 is 1.94 bits per heavy atom. The van der Waals surface area contributed by atoms with Crippen LogP contribution in [0.3, 0.4) is 0 Å². The minimum atomic E-state index is -0.997. The first-order chi connectivity index (χ1) is 15.3. The standard InChI is InChI=1S/C26H34N2O4/c1-19-18-28(16-14-26(19,2)21-9-6-10-22(29)17-21)15-13-24(30)27-23(25(31)32)12-11-20-7-4-3-5-8-20/h3-10,17,19,23,29H,11-16,18H2,1-2H3,(H,27,30)(H,31,32)/t19-,23-,26+/m0/s1. The molecule has 0 aromatic heterocycles. The molecule has 3 rings (SSSR count). The molecular weight excluding hydrogens is 404 g/mol. The van der Waals surface area contributed by atoms with E-state index in [0.29, 0.717) is 25.3 Å². The van der Waals surface area contributed by atoms with Gasteiger partial charge in [0.1, 0.15) is 11.8 Å². The number of carbonyl (C=O) groups is 2. The number of hydrogen-bond donors (Lipinski definition) is 3. The van der Waals surface area contributed by atoms with Gasteiger partial charge in [-0.2, -0.15) is 0 Å². The molecule has 0 unspecified atom stereocenters. The highest BCUT2D eigenvalue weighted by Gasteiger charge is 2.38. The monoisotopic (exact) mass is 438 g/mol. The van der Waals surface area contributed by atoms with Gasteiger partial charge in [0, 0.05) is 19.5 Å². The topological polar surface area (TPSA) is 89.9 Å². The summed E-state index contributed by atoms with van der Waals surface area (Å²) >= 11 is 0. The fraction of sp³-hybridized carbons (Fsp3) is 0.462. The van der Waals surface area contributed by atoms with Crippen molar-refractivity contribution in [2.75, 3.05) is 19.6 Å². The summed E-state index contributed by atoms with van der Waals surface area (Å²) in [7, 11) is 0. The molecule has 1 aliphatic rings. The van der Waals surface area contributed by atoms with Gasteiger partial charge in [-0.3, -0.25) is 4.79 Å². The van der Waals surface area contributed by atoms with Gasteiger partial charge >= 0.3 is 5.97 Å². The van der Waals surface area contributed by atoms with Gasteiger partial charge in [-0.1, -0.05) is 56.3 Å². The number of rotatable bonds is 9. The van der Waals surface area contributed by atoms with Gasteiger partial charge in [0.05, 0.1) is 0 Å². The minimum absolute atomic E-state index is 0.0245. The fourth-order valence-corrected chi connectivity index (χ4v) is 4.55. The minimum Gasteiger partial charge on any atom is -0.508 e. The molecule has 2 aromatic rings. The molecule has 2 aromatic carbocycles. The Kier molecular flexibility index (Phi) is 7.91. The van der Waals surface area contributed by atoms with Crippen molar-refractivity contribution in [2.24, 2.45) is 5.92 Å². The van der Waals surface area contributed by atoms with Crippen LogP contribution in [0.2, 0.25) is 0 Å². The van der Waals surface area contributed by atoms with Crippen molar-refractivity contribution in [3.8, 4) is 5.75 Å². The van der Waals surface area contributed by atoms with Crippen LogP contribution in [0, 0.1) is 5.92 Å². The summed E-state index contributed by atoms with van der Waals surface area (Å²) in [6.07, 6.45) is 2.20. The number of amides is 1. The molecule has 1 heterocycles. The zero-order chi connectivity index (χ0) is 23.1. The molecule has 1 fully saturated rings. The average molecular weight is 439 g/mol. The van der Waals surface area contributed by atoms with E-state index < -0.39 is 12.0 Å². The smallest absolute Gasteiger partial charge is 0.326 e. The molecule has 6 heteroatoms. The maximum atomic E-state index is 12.5. The Morgan fingerprint density at radius 1 is 1.19 bits per heavy atom. The van der Waals surface area contributed by atoms with Crippen molar-refractivity contribution >= 4 is 11.9 Å². The van der Waals surface area contributed by atoms with Gasteiger partial charge in [-0.25, -0.2) is 4.79 Å². The molecule has 0 radical (unpaired) electrons. The largest absolute Gasteiger partial charge is 0.508 e. The highest BCUT2D eigenvalue weighted by Crippen LogP contribution is 2.40. The van der Waals surface area contributed by atoms with Gasteiger partial charge < -0.3 is 20.4 Å². The number of carbonyl (C=O) groups excluding carboxylic acids is 1. The second kappa shape index (κ2) is 10.6. The molecule has 6 nitrogen and oxygen atoms in total. The van der Waals surface area contributed by atoms with Crippen LogP contribution >= 0.6 is 0 Å². The Bertz CT molecular complexity index is 917. The zero-order valence-corrected chi connectivity index (χ0v) is 19.0. The Hall–Kier alpha value is -2.86. The third-order valence-electron chi connectivity index (χ3n) is 6.93. The van der Waals surface area contributed by atoms with Crippen molar-refractivity contribution in [3.63, 3.8) is 0 Å². The van der Waals surface area contributed by atoms with E-state index in [-0.39, 0.29) is 23.5 Å². The van der Waals surface area contributed by atoms with Gasteiger partial charge in [0.25, 0.3) is 0 Å². The van der Waals surface area contributed by atoms with Gasteiger partial charge in [-0.15, -0.1) is 0 Å². The van der Waals surface area contributed by atoms with Gasteiger partial charge in [0.15, 0.2) is 0 Å². The lowest BCUT2D eigenvalue weighted by molar-refractivity contribution is -0.142. The Labute approximate surface area is 190 Å². The predicted molar refractivity (Wildman–Crippen MR) is 125 cm³/mol. The fourth-order valence-electron chi connectivity index (χ4n) is 4.55. The number of benzene rings is 2. The number of likely N-dealkylation sites (tertiary alicyclic amines) is 1. The van der Waals surface area contributed by atoms with Crippen LogP contribution in [0.4, 0.5) is 0 Å². The second-order valence-corrected chi connectivity index (χ2v) is 9.15. The second-order valence-electron chi connectivity index (χ2n) is 9.15. The lowest BCUT2D eigenvalue weighted by Crippen LogP contribution is -2.48. The van der Waals surface area contributed by atoms with Crippen LogP contribution in [0.15, 0.2) is 54.6 Å². The normalized spacial score (nSPS) is 22.2. The number of hydrogen-bond acceptors (Lipinski definition) is 4. The summed E-state index contributed by atoms with van der Waals surface area (Å²) in [4.78, 5) is 26.3. The Morgan fingerprint density at radius 3 is 2.59 bits per heavy atom. The summed E-state index contributed by atoms with van der Waals surface area (Å²) < 4.78 is 0. The third-order valence-corrected chi connectivity index (χ3v) is 6.93. The maximum absolute atomic E-state index is 12.5. The van der Waals surface area contributed by atoms with Crippen LogP contribution in [-0.4, -0.2) is 52.7 Å². The van der Waals surface area contributed by atoms with Crippen molar-refractivity contribution in [2.45, 2.75) is 51.0 Å². The van der Waals surface area contributed by atoms with E-state index in [0.717, 1.165) is 30.6 Å². The van der Waals surface area contributed by atoms with Gasteiger partial charge in [0.2, 0.25) is 5.91 Å². The molecule has 32 heavy (non-hydrogen) atoms. The molecule has 0 bridgehead atoms. The van der Waals surface area contributed by atoms with Crippen molar-refractivity contribution in [1.82, 2.24) is 10.2 Å². The van der Waals surface area contributed by atoms with E-state index in [1.807, 2.05) is 42.5 Å². The number of carboxylic acid groups (broad SMARTS) is 1. The van der Waals surface area contributed by atoms with Crippen molar-refractivity contribution in [1.29, 1.82) is 0 Å².